The van der Waals surface area contributed by atoms with Gasteiger partial charge in [-0.15, -0.1) is 0 Å². The van der Waals surface area contributed by atoms with Crippen molar-refractivity contribution in [2.45, 2.75) is 6.04 Å². The predicted octanol–water partition coefficient (Wildman–Crippen LogP) is 4.19. The monoisotopic (exact) mass is 413 g/mol. The Bertz CT molecular complexity index is 931. The van der Waals surface area contributed by atoms with Crippen LogP contribution in [-0.4, -0.2) is 17.6 Å². The minimum atomic E-state index is -0.626. The van der Waals surface area contributed by atoms with Gasteiger partial charge >= 0.3 is 0 Å². The third-order valence-corrected chi connectivity index (χ3v) is 4.71. The molecular weight excluding hydrogens is 394 g/mol. The smallest absolute Gasteiger partial charge is 0.235 e. The number of anilines is 1. The fraction of sp³-hybridized carbons (Fsp3) is 0.143. The number of ether oxygens (including phenoxy) is 1. The number of thiocarbonyl (C=S) groups is 1. The average molecular weight is 414 g/mol. The average Bonchev–Trinajstić information content (AvgIpc) is 2.66. The molecule has 1 fully saturated rings. The third-order valence-electron chi connectivity index (χ3n) is 4.25. The number of hydrogen-bond donors (Lipinski definition) is 3. The molecule has 1 amide bonds. The number of nitrogens with one attached hydrogen (secondary N) is 3. The molecule has 1 saturated heterocycles. The number of rotatable bonds is 6. The number of amides is 1. The predicted molar refractivity (Wildman–Crippen MR) is 116 cm³/mol. The van der Waals surface area contributed by atoms with Gasteiger partial charge in [-0.05, 0) is 36.5 Å². The third kappa shape index (κ3) is 4.52. The molecule has 0 aliphatic carbocycles. The SMILES string of the molecule is C=CCOc1ccccc1[C@@H]1NC(=S)NC(=C)[C@H]1C(=O)Nc1cccc(Cl)c1. The van der Waals surface area contributed by atoms with E-state index in [0.29, 0.717) is 33.9 Å². The van der Waals surface area contributed by atoms with Crippen LogP contribution in [0.2, 0.25) is 5.02 Å². The standard InChI is InChI=1S/C21H20ClN3O2S/c1-3-11-27-17-10-5-4-9-16(17)19-18(13(2)23-21(28)25-19)20(26)24-15-8-6-7-14(22)12-15/h3-10,12,18-19H,1-2,11H2,(H,24,26)(H2,23,25,28)/t18-,19+/m1/s1. The molecule has 144 valence electrons. The van der Waals surface area contributed by atoms with Gasteiger partial charge in [0.25, 0.3) is 0 Å². The van der Waals surface area contributed by atoms with Gasteiger partial charge in [0.15, 0.2) is 5.11 Å². The van der Waals surface area contributed by atoms with E-state index in [-0.39, 0.29) is 5.91 Å². The molecule has 0 spiro atoms. The molecule has 28 heavy (non-hydrogen) atoms. The van der Waals surface area contributed by atoms with Crippen molar-refractivity contribution in [3.63, 3.8) is 0 Å². The van der Waals surface area contributed by atoms with E-state index in [1.54, 1.807) is 30.3 Å². The fourth-order valence-corrected chi connectivity index (χ4v) is 3.50. The Labute approximate surface area is 174 Å². The topological polar surface area (TPSA) is 62.4 Å². The quantitative estimate of drug-likeness (QED) is 0.489. The van der Waals surface area contributed by atoms with Crippen LogP contribution in [0.15, 0.2) is 73.5 Å². The van der Waals surface area contributed by atoms with Crippen LogP contribution in [0.5, 0.6) is 5.75 Å². The maximum atomic E-state index is 13.1. The molecule has 0 saturated carbocycles. The molecule has 7 heteroatoms. The van der Waals surface area contributed by atoms with Crippen LogP contribution in [0, 0.1) is 5.92 Å². The summed E-state index contributed by atoms with van der Waals surface area (Å²) < 4.78 is 5.77. The molecule has 3 N–H and O–H groups in total. The van der Waals surface area contributed by atoms with Gasteiger partial charge in [-0.2, -0.15) is 0 Å². The van der Waals surface area contributed by atoms with E-state index in [2.05, 4.69) is 29.1 Å². The first kappa shape index (κ1) is 19.9. The summed E-state index contributed by atoms with van der Waals surface area (Å²) in [5.41, 5.74) is 1.92. The van der Waals surface area contributed by atoms with Crippen molar-refractivity contribution < 1.29 is 9.53 Å². The van der Waals surface area contributed by atoms with Crippen LogP contribution < -0.4 is 20.7 Å². The second-order valence-electron chi connectivity index (χ2n) is 6.22. The number of halogens is 1. The molecule has 0 aromatic heterocycles. The molecule has 1 heterocycles. The van der Waals surface area contributed by atoms with Gasteiger partial charge in [0.2, 0.25) is 5.91 Å². The Morgan fingerprint density at radius 1 is 1.29 bits per heavy atom. The summed E-state index contributed by atoms with van der Waals surface area (Å²) in [6, 6.07) is 14.0. The first-order chi connectivity index (χ1) is 13.5. The minimum Gasteiger partial charge on any atom is -0.489 e. The van der Waals surface area contributed by atoms with Gasteiger partial charge in [0, 0.05) is 22.0 Å². The number of benzene rings is 2. The molecule has 0 radical (unpaired) electrons. The number of carbonyl (C=O) groups excluding carboxylic acids is 1. The van der Waals surface area contributed by atoms with Crippen molar-refractivity contribution in [1.29, 1.82) is 0 Å². The van der Waals surface area contributed by atoms with E-state index in [9.17, 15) is 4.79 Å². The summed E-state index contributed by atoms with van der Waals surface area (Å²) in [6.07, 6.45) is 1.67. The highest BCUT2D eigenvalue weighted by atomic mass is 35.5. The van der Waals surface area contributed by atoms with E-state index in [1.807, 2.05) is 24.3 Å². The lowest BCUT2D eigenvalue weighted by atomic mass is 9.87. The molecule has 1 aliphatic heterocycles. The normalized spacial score (nSPS) is 18.6. The van der Waals surface area contributed by atoms with Crippen molar-refractivity contribution in [2.75, 3.05) is 11.9 Å². The lowest BCUT2D eigenvalue weighted by Crippen LogP contribution is -2.51. The highest BCUT2D eigenvalue weighted by Gasteiger charge is 2.38. The van der Waals surface area contributed by atoms with Crippen molar-refractivity contribution in [2.24, 2.45) is 5.92 Å². The Kier molecular flexibility index (Phi) is 6.34. The van der Waals surface area contributed by atoms with Crippen molar-refractivity contribution in [1.82, 2.24) is 10.6 Å². The zero-order valence-corrected chi connectivity index (χ0v) is 16.6. The Balaban J connectivity index is 1.93. The number of carbonyl (C=O) groups is 1. The highest BCUT2D eigenvalue weighted by molar-refractivity contribution is 7.80. The first-order valence-corrected chi connectivity index (χ1v) is 9.43. The molecular formula is C21H20ClN3O2S. The second-order valence-corrected chi connectivity index (χ2v) is 7.06. The van der Waals surface area contributed by atoms with Crippen LogP contribution in [0.1, 0.15) is 11.6 Å². The zero-order chi connectivity index (χ0) is 20.1. The molecule has 0 unspecified atom stereocenters. The van der Waals surface area contributed by atoms with E-state index in [4.69, 9.17) is 28.6 Å². The van der Waals surface area contributed by atoms with Crippen molar-refractivity contribution >= 4 is 40.5 Å². The summed E-state index contributed by atoms with van der Waals surface area (Å²) in [6.45, 7) is 8.04. The maximum absolute atomic E-state index is 13.1. The van der Waals surface area contributed by atoms with Gasteiger partial charge in [0.1, 0.15) is 18.3 Å². The lowest BCUT2D eigenvalue weighted by Gasteiger charge is -2.36. The van der Waals surface area contributed by atoms with E-state index >= 15 is 0 Å². The summed E-state index contributed by atoms with van der Waals surface area (Å²) >= 11 is 11.3. The van der Waals surface area contributed by atoms with Crippen molar-refractivity contribution in [3.05, 3.63) is 84.0 Å². The van der Waals surface area contributed by atoms with Crippen LogP contribution >= 0.6 is 23.8 Å². The van der Waals surface area contributed by atoms with E-state index in [1.165, 1.54) is 0 Å². The molecule has 2 aromatic rings. The van der Waals surface area contributed by atoms with Gasteiger partial charge in [-0.1, -0.05) is 55.1 Å². The Morgan fingerprint density at radius 3 is 2.82 bits per heavy atom. The number of para-hydroxylation sites is 1. The first-order valence-electron chi connectivity index (χ1n) is 8.65. The van der Waals surface area contributed by atoms with Crippen LogP contribution in [0.3, 0.4) is 0 Å². The van der Waals surface area contributed by atoms with Crippen LogP contribution in [0.25, 0.3) is 0 Å². The summed E-state index contributed by atoms with van der Waals surface area (Å²) in [7, 11) is 0. The van der Waals surface area contributed by atoms with E-state index < -0.39 is 12.0 Å². The largest absolute Gasteiger partial charge is 0.489 e. The molecule has 1 aliphatic rings. The fourth-order valence-electron chi connectivity index (χ4n) is 3.06. The van der Waals surface area contributed by atoms with Crippen LogP contribution in [-0.2, 0) is 4.79 Å². The van der Waals surface area contributed by atoms with Gasteiger partial charge < -0.3 is 20.7 Å². The summed E-state index contributed by atoms with van der Waals surface area (Å²) in [4.78, 5) is 13.1. The van der Waals surface area contributed by atoms with E-state index in [0.717, 1.165) is 5.56 Å². The summed E-state index contributed by atoms with van der Waals surface area (Å²) in [5, 5.41) is 9.96. The zero-order valence-electron chi connectivity index (χ0n) is 15.1. The van der Waals surface area contributed by atoms with Gasteiger partial charge in [0.05, 0.1) is 6.04 Å². The molecule has 0 bridgehead atoms. The molecule has 3 rings (SSSR count). The van der Waals surface area contributed by atoms with Gasteiger partial charge in [-0.25, -0.2) is 0 Å². The minimum absolute atomic E-state index is 0.238. The highest BCUT2D eigenvalue weighted by Crippen LogP contribution is 2.35. The number of hydrogen-bond acceptors (Lipinski definition) is 3. The second kappa shape index (κ2) is 8.91. The summed E-state index contributed by atoms with van der Waals surface area (Å²) in [5.74, 6) is -0.213. The molecule has 2 atom stereocenters. The Morgan fingerprint density at radius 2 is 2.07 bits per heavy atom. The Hall–Kier alpha value is -2.83. The maximum Gasteiger partial charge on any atom is 0.235 e. The van der Waals surface area contributed by atoms with Crippen LogP contribution in [0.4, 0.5) is 5.69 Å². The van der Waals surface area contributed by atoms with Crippen molar-refractivity contribution in [3.8, 4) is 5.75 Å². The lowest BCUT2D eigenvalue weighted by molar-refractivity contribution is -0.119. The molecule has 5 nitrogen and oxygen atoms in total. The molecule has 2 aromatic carbocycles. The van der Waals surface area contributed by atoms with Gasteiger partial charge in [-0.3, -0.25) is 4.79 Å².